The van der Waals surface area contributed by atoms with Crippen molar-refractivity contribution in [2.45, 2.75) is 6.54 Å². The molecule has 0 saturated heterocycles. The highest BCUT2D eigenvalue weighted by molar-refractivity contribution is 5.98. The van der Waals surface area contributed by atoms with E-state index < -0.39 is 11.5 Å². The van der Waals surface area contributed by atoms with Gasteiger partial charge >= 0.3 is 0 Å². The maximum Gasteiger partial charge on any atom is 0.296 e. The number of carbonyl (C=O) groups is 1. The number of benzene rings is 1. The average molecular weight is 256 g/mol. The van der Waals surface area contributed by atoms with Gasteiger partial charge in [0.05, 0.1) is 5.69 Å². The van der Waals surface area contributed by atoms with E-state index >= 15 is 0 Å². The Balaban J connectivity index is 2.07. The normalized spacial score (nSPS) is 11.0. The van der Waals surface area contributed by atoms with Crippen molar-refractivity contribution in [1.29, 1.82) is 0 Å². The van der Waals surface area contributed by atoms with Gasteiger partial charge in [-0.25, -0.2) is 0 Å². The average Bonchev–Trinajstić information content (AvgIpc) is 3.01. The minimum atomic E-state index is -0.430. The maximum atomic E-state index is 12.2. The van der Waals surface area contributed by atoms with Crippen molar-refractivity contribution in [2.24, 2.45) is 5.73 Å². The first-order valence-corrected chi connectivity index (χ1v) is 5.82. The summed E-state index contributed by atoms with van der Waals surface area (Å²) >= 11 is 0. The topological polar surface area (TPSA) is 96.7 Å². The summed E-state index contributed by atoms with van der Waals surface area (Å²) in [7, 11) is 0. The molecule has 2 aromatic heterocycles. The number of aromatic amines is 2. The highest BCUT2D eigenvalue weighted by Crippen LogP contribution is 2.14. The fraction of sp³-hybridized carbons (Fsp3) is 0.0769. The van der Waals surface area contributed by atoms with Gasteiger partial charge in [0.15, 0.2) is 0 Å². The van der Waals surface area contributed by atoms with E-state index in [9.17, 15) is 9.59 Å². The first-order chi connectivity index (χ1) is 9.19. The van der Waals surface area contributed by atoms with E-state index in [1.165, 1.54) is 6.07 Å². The van der Waals surface area contributed by atoms with Gasteiger partial charge in [0.25, 0.3) is 11.5 Å². The van der Waals surface area contributed by atoms with Crippen molar-refractivity contribution in [2.75, 3.05) is 0 Å². The molecule has 3 aromatic rings. The Kier molecular flexibility index (Phi) is 2.57. The third-order valence-electron chi connectivity index (χ3n) is 2.96. The van der Waals surface area contributed by atoms with Crippen molar-refractivity contribution < 1.29 is 4.79 Å². The van der Waals surface area contributed by atoms with Crippen molar-refractivity contribution in [1.82, 2.24) is 14.8 Å². The smallest absolute Gasteiger partial charge is 0.296 e. The molecule has 0 radical (unpaired) electrons. The number of nitrogens with two attached hydrogens (primary N) is 1. The van der Waals surface area contributed by atoms with Gasteiger partial charge in [0.2, 0.25) is 0 Å². The van der Waals surface area contributed by atoms with Gasteiger partial charge in [-0.15, -0.1) is 0 Å². The molecule has 0 amide bonds. The number of nitrogens with zero attached hydrogens (tertiary/aromatic N) is 1. The summed E-state index contributed by atoms with van der Waals surface area (Å²) in [5.41, 5.74) is 6.75. The zero-order valence-corrected chi connectivity index (χ0v) is 10.0. The molecular weight excluding hydrogens is 244 g/mol. The molecule has 3 rings (SSSR count). The van der Waals surface area contributed by atoms with Crippen LogP contribution in [-0.2, 0) is 6.54 Å². The van der Waals surface area contributed by atoms with Crippen LogP contribution in [0.3, 0.4) is 0 Å². The summed E-state index contributed by atoms with van der Waals surface area (Å²) in [5.74, 6) is -0.430. The zero-order chi connectivity index (χ0) is 13.4. The lowest BCUT2D eigenvalue weighted by molar-refractivity contribution is 0.0936. The molecular formula is C13H12N4O2. The fourth-order valence-corrected chi connectivity index (χ4v) is 2.01. The van der Waals surface area contributed by atoms with Crippen LogP contribution in [0.15, 0.2) is 41.2 Å². The Bertz CT molecular complexity index is 776. The van der Waals surface area contributed by atoms with Gasteiger partial charge in [-0.1, -0.05) is 18.2 Å². The molecule has 4 N–H and O–H groups in total. The lowest BCUT2D eigenvalue weighted by Gasteiger charge is -1.97. The standard InChI is InChI=1S/C13H12N4O2/c14-7-9-6-12(18)17(16-9)13(19)11-5-8-3-1-2-4-10(8)15-11/h1-6,15-16H,7,14H2. The molecule has 0 aliphatic carbocycles. The number of aromatic nitrogens is 3. The second-order valence-corrected chi connectivity index (χ2v) is 4.23. The Morgan fingerprint density at radius 2 is 2.05 bits per heavy atom. The molecule has 0 saturated carbocycles. The Morgan fingerprint density at radius 3 is 2.74 bits per heavy atom. The summed E-state index contributed by atoms with van der Waals surface area (Å²) < 4.78 is 0.951. The summed E-state index contributed by atoms with van der Waals surface area (Å²) in [4.78, 5) is 26.9. The Hall–Kier alpha value is -2.60. The van der Waals surface area contributed by atoms with E-state index in [-0.39, 0.29) is 6.54 Å². The van der Waals surface area contributed by atoms with Gasteiger partial charge in [-0.3, -0.25) is 14.7 Å². The number of rotatable bonds is 2. The van der Waals surface area contributed by atoms with Crippen LogP contribution >= 0.6 is 0 Å². The molecule has 96 valence electrons. The molecule has 0 spiro atoms. The molecule has 0 unspecified atom stereocenters. The predicted octanol–water partition coefficient (Wildman–Crippen LogP) is 0.805. The minimum absolute atomic E-state index is 0.183. The molecule has 2 heterocycles. The summed E-state index contributed by atoms with van der Waals surface area (Å²) in [6.07, 6.45) is 0. The predicted molar refractivity (Wildman–Crippen MR) is 71.0 cm³/mol. The fourth-order valence-electron chi connectivity index (χ4n) is 2.01. The first-order valence-electron chi connectivity index (χ1n) is 5.82. The number of hydrogen-bond acceptors (Lipinski definition) is 3. The number of para-hydroxylation sites is 1. The lowest BCUT2D eigenvalue weighted by Crippen LogP contribution is -2.25. The molecule has 0 aliphatic heterocycles. The van der Waals surface area contributed by atoms with E-state index in [4.69, 9.17) is 5.73 Å². The maximum absolute atomic E-state index is 12.2. The summed E-state index contributed by atoms with van der Waals surface area (Å²) in [5, 5.41) is 3.60. The number of H-pyrrole nitrogens is 2. The Labute approximate surface area is 107 Å². The van der Waals surface area contributed by atoms with Crippen LogP contribution < -0.4 is 11.3 Å². The molecule has 19 heavy (non-hydrogen) atoms. The molecule has 6 heteroatoms. The van der Waals surface area contributed by atoms with Crippen LogP contribution in [0.25, 0.3) is 10.9 Å². The molecule has 0 aliphatic rings. The van der Waals surface area contributed by atoms with Gasteiger partial charge < -0.3 is 10.7 Å². The number of hydrogen-bond donors (Lipinski definition) is 3. The number of carbonyl (C=O) groups excluding carboxylic acids is 1. The third-order valence-corrected chi connectivity index (χ3v) is 2.96. The van der Waals surface area contributed by atoms with E-state index in [0.717, 1.165) is 15.6 Å². The van der Waals surface area contributed by atoms with E-state index in [1.807, 2.05) is 24.3 Å². The van der Waals surface area contributed by atoms with Gasteiger partial charge in [-0.2, -0.15) is 4.68 Å². The minimum Gasteiger partial charge on any atom is -0.350 e. The molecule has 0 bridgehead atoms. The van der Waals surface area contributed by atoms with Gasteiger partial charge in [0, 0.05) is 23.5 Å². The first kappa shape index (κ1) is 11.5. The van der Waals surface area contributed by atoms with Crippen LogP contribution in [0.1, 0.15) is 16.2 Å². The zero-order valence-electron chi connectivity index (χ0n) is 10.0. The van der Waals surface area contributed by atoms with Crippen molar-refractivity contribution in [3.05, 3.63) is 58.1 Å². The van der Waals surface area contributed by atoms with Crippen molar-refractivity contribution in [3.63, 3.8) is 0 Å². The second-order valence-electron chi connectivity index (χ2n) is 4.23. The second kappa shape index (κ2) is 4.25. The lowest BCUT2D eigenvalue weighted by atomic mass is 10.2. The van der Waals surface area contributed by atoms with Gasteiger partial charge in [-0.05, 0) is 12.1 Å². The quantitative estimate of drug-likeness (QED) is 0.632. The number of nitrogens with one attached hydrogen (secondary N) is 2. The van der Waals surface area contributed by atoms with E-state index in [1.54, 1.807) is 6.07 Å². The molecule has 0 atom stereocenters. The highest BCUT2D eigenvalue weighted by atomic mass is 16.2. The van der Waals surface area contributed by atoms with Crippen LogP contribution in [0.2, 0.25) is 0 Å². The van der Waals surface area contributed by atoms with Crippen LogP contribution in [0.4, 0.5) is 0 Å². The molecule has 6 nitrogen and oxygen atoms in total. The highest BCUT2D eigenvalue weighted by Gasteiger charge is 2.15. The SMILES string of the molecule is NCc1cc(=O)n(C(=O)c2cc3ccccc3[nH]2)[nH]1. The van der Waals surface area contributed by atoms with E-state index in [0.29, 0.717) is 11.4 Å². The van der Waals surface area contributed by atoms with Crippen LogP contribution in [0, 0.1) is 0 Å². The molecule has 1 aromatic carbocycles. The monoisotopic (exact) mass is 256 g/mol. The molecule has 0 fully saturated rings. The van der Waals surface area contributed by atoms with Crippen LogP contribution in [0.5, 0.6) is 0 Å². The largest absolute Gasteiger partial charge is 0.350 e. The van der Waals surface area contributed by atoms with Crippen LogP contribution in [-0.4, -0.2) is 20.7 Å². The van der Waals surface area contributed by atoms with Gasteiger partial charge in [0.1, 0.15) is 5.69 Å². The third kappa shape index (κ3) is 1.88. The summed E-state index contributed by atoms with van der Waals surface area (Å²) in [6, 6.07) is 10.6. The van der Waals surface area contributed by atoms with Crippen molar-refractivity contribution in [3.8, 4) is 0 Å². The van der Waals surface area contributed by atoms with Crippen molar-refractivity contribution >= 4 is 16.8 Å². The van der Waals surface area contributed by atoms with E-state index in [2.05, 4.69) is 10.1 Å². The summed E-state index contributed by atoms with van der Waals surface area (Å²) in [6.45, 7) is 0.183. The Morgan fingerprint density at radius 1 is 1.26 bits per heavy atom. The number of fused-ring (bicyclic) bond motifs is 1.